The summed E-state index contributed by atoms with van der Waals surface area (Å²) >= 11 is 0. The van der Waals surface area contributed by atoms with Crippen LogP contribution in [0.25, 0.3) is 44.5 Å². The van der Waals surface area contributed by atoms with E-state index in [1.807, 2.05) is 72.3 Å². The smallest absolute Gasteiger partial charge is 0.244 e. The van der Waals surface area contributed by atoms with E-state index in [0.717, 1.165) is 39.5 Å². The van der Waals surface area contributed by atoms with Gasteiger partial charge in [-0.1, -0.05) is 54.6 Å². The Morgan fingerprint density at radius 1 is 0.844 bits per heavy atom. The first-order chi connectivity index (χ1) is 21.5. The van der Waals surface area contributed by atoms with Gasteiger partial charge in [0.05, 0.1) is 24.2 Å². The van der Waals surface area contributed by atoms with Gasteiger partial charge in [-0.15, -0.1) is 22.6 Å². The van der Waals surface area contributed by atoms with E-state index in [2.05, 4.69) is 40.3 Å². The lowest BCUT2D eigenvalue weighted by Crippen LogP contribution is -2.18. The summed E-state index contributed by atoms with van der Waals surface area (Å²) in [7, 11) is 2.08. The molecule has 2 aliphatic heterocycles. The lowest BCUT2D eigenvalue weighted by molar-refractivity contribution is 0.319. The van der Waals surface area contributed by atoms with Crippen LogP contribution in [0.2, 0.25) is 0 Å². The number of furan rings is 1. The third-order valence-corrected chi connectivity index (χ3v) is 7.90. The molecule has 6 nitrogen and oxygen atoms in total. The Morgan fingerprint density at radius 2 is 1.60 bits per heavy atom. The van der Waals surface area contributed by atoms with Crippen LogP contribution in [-0.4, -0.2) is 33.3 Å². The first-order valence-electron chi connectivity index (χ1n) is 14.6. The van der Waals surface area contributed by atoms with E-state index in [9.17, 15) is 8.78 Å². The third-order valence-electron chi connectivity index (χ3n) is 7.90. The first kappa shape index (κ1) is 30.2. The summed E-state index contributed by atoms with van der Waals surface area (Å²) in [4.78, 5) is 2.24. The fourth-order valence-corrected chi connectivity index (χ4v) is 5.85. The van der Waals surface area contributed by atoms with Crippen molar-refractivity contribution < 1.29 is 17.9 Å². The predicted molar refractivity (Wildman–Crippen MR) is 175 cm³/mol. The van der Waals surface area contributed by atoms with Crippen LogP contribution in [0.15, 0.2) is 102 Å². The molecule has 7 rings (SSSR count). The van der Waals surface area contributed by atoms with E-state index >= 15 is 0 Å². The highest BCUT2D eigenvalue weighted by molar-refractivity contribution is 5.98. The highest BCUT2D eigenvalue weighted by Crippen LogP contribution is 2.40. The van der Waals surface area contributed by atoms with Gasteiger partial charge in [0.1, 0.15) is 28.7 Å². The van der Waals surface area contributed by atoms with Crippen molar-refractivity contribution >= 4 is 34.3 Å². The molecule has 4 aromatic carbocycles. The van der Waals surface area contributed by atoms with Gasteiger partial charge in [-0.3, -0.25) is 4.90 Å². The zero-order valence-corrected chi connectivity index (χ0v) is 25.7. The topological polar surface area (TPSA) is 56.3 Å². The second-order valence-electron chi connectivity index (χ2n) is 11.0. The minimum Gasteiger partial charge on any atom is -0.476 e. The molecule has 3 heterocycles. The van der Waals surface area contributed by atoms with Crippen LogP contribution in [0.4, 0.5) is 8.78 Å². The maximum atomic E-state index is 14.9. The normalized spacial score (nSPS) is 11.5. The number of halogens is 3. The predicted octanol–water partition coefficient (Wildman–Crippen LogP) is 8.73. The zero-order chi connectivity index (χ0) is 30.2. The van der Waals surface area contributed by atoms with E-state index in [4.69, 9.17) is 9.15 Å². The lowest BCUT2D eigenvalue weighted by Gasteiger charge is -2.21. The number of hydrogen-bond donors (Lipinski definition) is 0. The number of para-hydroxylation sites is 1. The molecule has 1 aromatic heterocycles. The Balaban J connectivity index is 0.00000357. The van der Waals surface area contributed by atoms with E-state index < -0.39 is 11.6 Å². The molecule has 9 heteroatoms. The van der Waals surface area contributed by atoms with Gasteiger partial charge in [0.15, 0.2) is 0 Å². The van der Waals surface area contributed by atoms with Gasteiger partial charge in [0, 0.05) is 41.2 Å². The van der Waals surface area contributed by atoms with Crippen molar-refractivity contribution in [1.82, 2.24) is 19.7 Å². The van der Waals surface area contributed by atoms with Crippen LogP contribution in [0, 0.1) is 11.6 Å². The number of aromatic nitrogens is 3. The number of pyridine rings is 1. The highest BCUT2D eigenvalue weighted by Gasteiger charge is 2.24. The van der Waals surface area contributed by atoms with Gasteiger partial charge in [-0.2, -0.15) is 0 Å². The van der Waals surface area contributed by atoms with Crippen LogP contribution in [0.5, 0.6) is 5.88 Å². The Morgan fingerprint density at radius 3 is 2.36 bits per heavy atom. The van der Waals surface area contributed by atoms with Gasteiger partial charge >= 0.3 is 0 Å². The van der Waals surface area contributed by atoms with Crippen LogP contribution in [0.3, 0.4) is 0 Å². The van der Waals surface area contributed by atoms with E-state index in [1.165, 1.54) is 23.8 Å². The van der Waals surface area contributed by atoms with E-state index in [-0.39, 0.29) is 24.5 Å². The monoisotopic (exact) mass is 624 g/mol. The Kier molecular flexibility index (Phi) is 8.52. The van der Waals surface area contributed by atoms with Gasteiger partial charge in [-0.25, -0.2) is 8.78 Å². The average Bonchev–Trinajstić information content (AvgIpc) is 3.64. The summed E-state index contributed by atoms with van der Waals surface area (Å²) in [5.74, 6) is -0.114. The fraction of sp³-hybridized carbons (Fsp3) is 0.167. The number of nitrogens with zero attached hydrogens (tertiary/aromatic N) is 4. The van der Waals surface area contributed by atoms with Crippen LogP contribution in [-0.2, 0) is 19.6 Å². The summed E-state index contributed by atoms with van der Waals surface area (Å²) < 4.78 is 43.8. The molecule has 5 aromatic rings. The van der Waals surface area contributed by atoms with Gasteiger partial charge in [0.2, 0.25) is 5.88 Å². The van der Waals surface area contributed by atoms with Gasteiger partial charge in [0.25, 0.3) is 0 Å². The van der Waals surface area contributed by atoms with Gasteiger partial charge < -0.3 is 13.7 Å². The van der Waals surface area contributed by atoms with Crippen LogP contribution in [0.1, 0.15) is 23.6 Å². The summed E-state index contributed by atoms with van der Waals surface area (Å²) in [5, 5.41) is 10.6. The number of rotatable bonds is 9. The molecule has 0 N–H and O–H groups in total. The molecule has 0 spiro atoms. The summed E-state index contributed by atoms with van der Waals surface area (Å²) in [6.07, 6.45) is 1.82. The minimum absolute atomic E-state index is 0. The lowest BCUT2D eigenvalue weighted by atomic mass is 9.97. The quantitative estimate of drug-likeness (QED) is 0.161. The minimum atomic E-state index is -0.605. The molecular weight excluding hydrogens is 594 g/mol. The van der Waals surface area contributed by atoms with E-state index in [0.29, 0.717) is 36.0 Å². The molecule has 0 amide bonds. The Hall–Kier alpha value is -4.79. The second kappa shape index (κ2) is 12.7. The molecular formula is C36H31ClF2N4O2. The third kappa shape index (κ3) is 5.87. The zero-order valence-electron chi connectivity index (χ0n) is 24.8. The molecule has 0 atom stereocenters. The fourth-order valence-electron chi connectivity index (χ4n) is 5.85. The molecule has 2 aliphatic rings. The van der Waals surface area contributed by atoms with Crippen LogP contribution < -0.4 is 4.74 Å². The molecule has 0 saturated carbocycles. The first-order valence-corrected chi connectivity index (χ1v) is 14.6. The molecule has 0 aliphatic carbocycles. The molecule has 45 heavy (non-hydrogen) atoms. The molecule has 0 unspecified atom stereocenters. The summed E-state index contributed by atoms with van der Waals surface area (Å²) in [6.45, 7) is 3.62. The highest BCUT2D eigenvalue weighted by atomic mass is 35.5. The molecule has 0 saturated heterocycles. The van der Waals surface area contributed by atoms with Crippen molar-refractivity contribution in [2.75, 3.05) is 13.7 Å². The average molecular weight is 625 g/mol. The second-order valence-corrected chi connectivity index (χ2v) is 11.0. The van der Waals surface area contributed by atoms with E-state index in [1.54, 1.807) is 0 Å². The van der Waals surface area contributed by atoms with Crippen molar-refractivity contribution in [1.29, 1.82) is 0 Å². The molecule has 0 fully saturated rings. The van der Waals surface area contributed by atoms with Crippen molar-refractivity contribution in [3.63, 3.8) is 0 Å². The van der Waals surface area contributed by atoms with Crippen LogP contribution >= 0.6 is 12.4 Å². The maximum Gasteiger partial charge on any atom is 0.244 e. The Bertz CT molecular complexity index is 2020. The number of benzene rings is 4. The number of ether oxygens (including phenoxy) is 1. The Labute approximate surface area is 265 Å². The largest absolute Gasteiger partial charge is 0.476 e. The van der Waals surface area contributed by atoms with Crippen molar-refractivity contribution in [3.8, 4) is 28.5 Å². The number of hydrogen-bond acceptors (Lipinski definition) is 5. The molecule has 0 bridgehead atoms. The molecule has 228 valence electrons. The van der Waals surface area contributed by atoms with Crippen molar-refractivity contribution in [2.45, 2.75) is 26.6 Å². The van der Waals surface area contributed by atoms with Gasteiger partial charge in [-0.05, 0) is 61.5 Å². The SMILES string of the molecule is CCOc1nnc2c3cc(CN(C)Cc4ccccc4)c(-c4cc5ccccc5o4)cc3n(Cc3c(F)cccc3F)cc1-2.Cl. The standard InChI is InChI=1S/C36H30F2N4O2.ClH/c1-3-43-36-29-22-42(21-28-30(37)13-9-14-31(28)38)32-18-26(34-17-24-12-7-8-15-33(24)44-34)25(16-27(32)35(29)39-40-36)20-41(2)19-23-10-5-4-6-11-23;/h4-18,22H,3,19-21H2,1-2H3;1H. The van der Waals surface area contributed by atoms with Crippen molar-refractivity contribution in [3.05, 3.63) is 126 Å². The maximum absolute atomic E-state index is 14.9. The van der Waals surface area contributed by atoms with Crippen molar-refractivity contribution in [2.24, 2.45) is 0 Å². The molecule has 0 radical (unpaired) electrons. The number of fused-ring (bicyclic) bond motifs is 4. The summed E-state index contributed by atoms with van der Waals surface area (Å²) in [5.41, 5.74) is 5.96. The summed E-state index contributed by atoms with van der Waals surface area (Å²) in [6, 6.07) is 28.3.